The molecule has 0 N–H and O–H groups in total. The van der Waals surface area contributed by atoms with E-state index in [4.69, 9.17) is 0 Å². The van der Waals surface area contributed by atoms with Crippen LogP contribution in [-0.4, -0.2) is 29.6 Å². The van der Waals surface area contributed by atoms with E-state index >= 15 is 0 Å². The summed E-state index contributed by atoms with van der Waals surface area (Å²) in [6.45, 7) is 0.230. The van der Waals surface area contributed by atoms with Gasteiger partial charge in [-0.1, -0.05) is 34.1 Å². The van der Waals surface area contributed by atoms with Gasteiger partial charge in [0.15, 0.2) is 0 Å². The molecule has 0 saturated carbocycles. The third-order valence-electron chi connectivity index (χ3n) is 3.64. The second kappa shape index (κ2) is 7.41. The highest BCUT2D eigenvalue weighted by atomic mass is 79.9. The molecular formula is C17H15Br2N3O2S. The minimum atomic E-state index is -3.63. The number of halogens is 2. The number of aromatic nitrogens is 2. The predicted molar refractivity (Wildman–Crippen MR) is 104 cm³/mol. The molecule has 0 aliphatic rings. The zero-order chi connectivity index (χ0) is 18.0. The van der Waals surface area contributed by atoms with Crippen LogP contribution >= 0.6 is 31.9 Å². The van der Waals surface area contributed by atoms with E-state index < -0.39 is 10.0 Å². The standard InChI is InChI=1S/C17H15Br2N3O2S/c1-21(25(23,24)17-9-14(18)7-8-16(17)19)11-13-10-20-22(12-13)15-5-3-2-4-6-15/h2-10,12H,11H2,1H3. The van der Waals surface area contributed by atoms with Crippen molar-refractivity contribution < 1.29 is 8.42 Å². The number of hydrogen-bond donors (Lipinski definition) is 0. The summed E-state index contributed by atoms with van der Waals surface area (Å²) in [4.78, 5) is 0.222. The quantitative estimate of drug-likeness (QED) is 0.544. The summed E-state index contributed by atoms with van der Waals surface area (Å²) < 4.78 is 29.9. The van der Waals surface area contributed by atoms with E-state index in [0.29, 0.717) is 8.95 Å². The number of para-hydroxylation sites is 1. The maximum absolute atomic E-state index is 12.8. The van der Waals surface area contributed by atoms with Crippen LogP contribution in [0.25, 0.3) is 5.69 Å². The Morgan fingerprint density at radius 3 is 2.56 bits per heavy atom. The average molecular weight is 485 g/mol. The first kappa shape index (κ1) is 18.3. The van der Waals surface area contributed by atoms with E-state index in [0.717, 1.165) is 11.3 Å². The van der Waals surface area contributed by atoms with Crippen LogP contribution in [0.5, 0.6) is 0 Å². The van der Waals surface area contributed by atoms with E-state index in [1.165, 1.54) is 4.31 Å². The molecule has 3 rings (SSSR count). The molecule has 8 heteroatoms. The summed E-state index contributed by atoms with van der Waals surface area (Å²) in [6.07, 6.45) is 3.51. The topological polar surface area (TPSA) is 55.2 Å². The van der Waals surface area contributed by atoms with Crippen LogP contribution < -0.4 is 0 Å². The van der Waals surface area contributed by atoms with Gasteiger partial charge in [0.25, 0.3) is 0 Å². The Morgan fingerprint density at radius 2 is 1.84 bits per heavy atom. The van der Waals surface area contributed by atoms with Crippen molar-refractivity contribution >= 4 is 41.9 Å². The van der Waals surface area contributed by atoms with Crippen molar-refractivity contribution in [1.29, 1.82) is 0 Å². The normalized spacial score (nSPS) is 11.8. The Hall–Kier alpha value is -1.48. The van der Waals surface area contributed by atoms with Gasteiger partial charge in [0.2, 0.25) is 10.0 Å². The second-order valence-corrected chi connectivity index (χ2v) is 9.25. The zero-order valence-corrected chi connectivity index (χ0v) is 17.3. The lowest BCUT2D eigenvalue weighted by Crippen LogP contribution is -2.26. The van der Waals surface area contributed by atoms with Crippen molar-refractivity contribution in [3.8, 4) is 5.69 Å². The Labute approximate surface area is 163 Å². The van der Waals surface area contributed by atoms with Crippen LogP contribution in [0, 0.1) is 0 Å². The van der Waals surface area contributed by atoms with E-state index in [1.807, 2.05) is 36.5 Å². The van der Waals surface area contributed by atoms with Crippen LogP contribution in [0.2, 0.25) is 0 Å². The van der Waals surface area contributed by atoms with Crippen molar-refractivity contribution in [3.63, 3.8) is 0 Å². The minimum absolute atomic E-state index is 0.222. The fourth-order valence-electron chi connectivity index (χ4n) is 2.35. The summed E-state index contributed by atoms with van der Waals surface area (Å²) in [6, 6.07) is 14.8. The molecule has 0 atom stereocenters. The van der Waals surface area contributed by atoms with Crippen LogP contribution in [0.4, 0.5) is 0 Å². The molecule has 2 aromatic carbocycles. The molecule has 0 aliphatic carbocycles. The Balaban J connectivity index is 1.83. The van der Waals surface area contributed by atoms with E-state index in [-0.39, 0.29) is 11.4 Å². The third-order valence-corrected chi connectivity index (χ3v) is 6.93. The molecule has 0 radical (unpaired) electrons. The number of benzene rings is 2. The monoisotopic (exact) mass is 483 g/mol. The molecule has 1 heterocycles. The fourth-order valence-corrected chi connectivity index (χ4v) is 4.97. The van der Waals surface area contributed by atoms with E-state index in [2.05, 4.69) is 37.0 Å². The highest BCUT2D eigenvalue weighted by molar-refractivity contribution is 9.11. The number of hydrogen-bond acceptors (Lipinski definition) is 3. The van der Waals surface area contributed by atoms with Crippen molar-refractivity contribution in [1.82, 2.24) is 14.1 Å². The molecule has 0 aliphatic heterocycles. The van der Waals surface area contributed by atoms with Gasteiger partial charge < -0.3 is 0 Å². The number of sulfonamides is 1. The summed E-state index contributed by atoms with van der Waals surface area (Å²) in [5.74, 6) is 0. The summed E-state index contributed by atoms with van der Waals surface area (Å²) in [5.41, 5.74) is 1.73. The van der Waals surface area contributed by atoms with Gasteiger partial charge in [-0.3, -0.25) is 0 Å². The average Bonchev–Trinajstić information content (AvgIpc) is 3.06. The van der Waals surface area contributed by atoms with Crippen molar-refractivity contribution in [2.24, 2.45) is 0 Å². The lowest BCUT2D eigenvalue weighted by atomic mass is 10.3. The molecule has 130 valence electrons. The molecule has 0 spiro atoms. The van der Waals surface area contributed by atoms with Crippen LogP contribution in [0.15, 0.2) is 74.8 Å². The van der Waals surface area contributed by atoms with Gasteiger partial charge in [-0.25, -0.2) is 13.1 Å². The van der Waals surface area contributed by atoms with E-state index in [1.54, 1.807) is 36.1 Å². The van der Waals surface area contributed by atoms with Crippen LogP contribution in [-0.2, 0) is 16.6 Å². The Bertz CT molecular complexity index is 988. The van der Waals surface area contributed by atoms with Gasteiger partial charge in [0.1, 0.15) is 0 Å². The molecule has 0 amide bonds. The molecule has 0 saturated heterocycles. The van der Waals surface area contributed by atoms with Crippen molar-refractivity contribution in [2.45, 2.75) is 11.4 Å². The van der Waals surface area contributed by atoms with Gasteiger partial charge in [-0.05, 0) is 46.3 Å². The van der Waals surface area contributed by atoms with Gasteiger partial charge >= 0.3 is 0 Å². The smallest absolute Gasteiger partial charge is 0.241 e. The number of rotatable bonds is 5. The summed E-state index contributed by atoms with van der Waals surface area (Å²) >= 11 is 6.63. The predicted octanol–water partition coefficient (Wildman–Crippen LogP) is 4.22. The first-order valence-corrected chi connectivity index (χ1v) is 10.4. The lowest BCUT2D eigenvalue weighted by molar-refractivity contribution is 0.466. The van der Waals surface area contributed by atoms with Crippen molar-refractivity contribution in [2.75, 3.05) is 7.05 Å². The molecular weight excluding hydrogens is 470 g/mol. The zero-order valence-electron chi connectivity index (χ0n) is 13.3. The summed E-state index contributed by atoms with van der Waals surface area (Å²) in [5, 5.41) is 4.30. The largest absolute Gasteiger partial charge is 0.244 e. The molecule has 0 unspecified atom stereocenters. The molecule has 0 bridgehead atoms. The maximum atomic E-state index is 12.8. The molecule has 3 aromatic rings. The Kier molecular flexibility index (Phi) is 5.43. The highest BCUT2D eigenvalue weighted by Crippen LogP contribution is 2.28. The molecule has 5 nitrogen and oxygen atoms in total. The van der Waals surface area contributed by atoms with Gasteiger partial charge in [0, 0.05) is 34.3 Å². The Morgan fingerprint density at radius 1 is 1.12 bits per heavy atom. The molecule has 25 heavy (non-hydrogen) atoms. The van der Waals surface area contributed by atoms with Crippen LogP contribution in [0.3, 0.4) is 0 Å². The number of nitrogens with zero attached hydrogens (tertiary/aromatic N) is 3. The molecule has 0 fully saturated rings. The lowest BCUT2D eigenvalue weighted by Gasteiger charge is -2.17. The molecule has 1 aromatic heterocycles. The summed E-state index contributed by atoms with van der Waals surface area (Å²) in [7, 11) is -2.07. The van der Waals surface area contributed by atoms with Gasteiger partial charge in [-0.2, -0.15) is 9.40 Å². The van der Waals surface area contributed by atoms with Gasteiger partial charge in [-0.15, -0.1) is 0 Å². The maximum Gasteiger partial charge on any atom is 0.244 e. The first-order valence-electron chi connectivity index (χ1n) is 7.38. The first-order chi connectivity index (χ1) is 11.9. The minimum Gasteiger partial charge on any atom is -0.241 e. The van der Waals surface area contributed by atoms with Crippen LogP contribution in [0.1, 0.15) is 5.56 Å². The highest BCUT2D eigenvalue weighted by Gasteiger charge is 2.24. The third kappa shape index (κ3) is 4.03. The fraction of sp³-hybridized carbons (Fsp3) is 0.118. The second-order valence-electron chi connectivity index (χ2n) is 5.46. The SMILES string of the molecule is CN(Cc1cnn(-c2ccccc2)c1)S(=O)(=O)c1cc(Br)ccc1Br. The van der Waals surface area contributed by atoms with Crippen molar-refractivity contribution in [3.05, 3.63) is 75.4 Å². The van der Waals surface area contributed by atoms with Gasteiger partial charge in [0.05, 0.1) is 16.8 Å². The van der Waals surface area contributed by atoms with E-state index in [9.17, 15) is 8.42 Å².